The van der Waals surface area contributed by atoms with Gasteiger partial charge in [0.2, 0.25) is 0 Å². The Morgan fingerprint density at radius 2 is 1.65 bits per heavy atom. The molecule has 1 atom stereocenters. The largest absolute Gasteiger partial charge is 0.496 e. The van der Waals surface area contributed by atoms with Gasteiger partial charge >= 0.3 is 0 Å². The molecule has 0 amide bonds. The molecule has 1 aliphatic rings. The molecule has 0 radical (unpaired) electrons. The van der Waals surface area contributed by atoms with Crippen LogP contribution in [0.3, 0.4) is 0 Å². The molecule has 2 aromatic rings. The minimum Gasteiger partial charge on any atom is -0.496 e. The van der Waals surface area contributed by atoms with Crippen molar-refractivity contribution in [1.29, 1.82) is 0 Å². The quantitative estimate of drug-likeness (QED) is 0.560. The van der Waals surface area contributed by atoms with Gasteiger partial charge in [-0.3, -0.25) is 0 Å². The number of rotatable bonds is 8. The minimum atomic E-state index is -0.568. The molecule has 1 unspecified atom stereocenters. The summed E-state index contributed by atoms with van der Waals surface area (Å²) in [5, 5.41) is 0. The molecular weight excluding hydrogens is 348 g/mol. The molecule has 2 aromatic carbocycles. The van der Waals surface area contributed by atoms with Crippen LogP contribution in [0.5, 0.6) is 23.0 Å². The molecule has 1 aliphatic heterocycles. The van der Waals surface area contributed by atoms with Crippen molar-refractivity contribution in [1.82, 2.24) is 0 Å². The molecule has 26 heavy (non-hydrogen) atoms. The Kier molecular flexibility index (Phi) is 5.87. The number of unbranched alkanes of at least 4 members (excludes halogenated alkanes) is 2. The average Bonchev–Trinajstić information content (AvgIpc) is 3.06. The van der Waals surface area contributed by atoms with Crippen LogP contribution in [0.2, 0.25) is 0 Å². The molecule has 0 aliphatic carbocycles. The Morgan fingerprint density at radius 3 is 2.23 bits per heavy atom. The van der Waals surface area contributed by atoms with Gasteiger partial charge in [0.1, 0.15) is 23.0 Å². The first-order valence-electron chi connectivity index (χ1n) is 8.95. The normalized spacial score (nSPS) is 18.2. The molecule has 140 valence electrons. The highest BCUT2D eigenvalue weighted by Crippen LogP contribution is 2.59. The zero-order chi connectivity index (χ0) is 18.6. The molecule has 4 nitrogen and oxygen atoms in total. The van der Waals surface area contributed by atoms with Crippen LogP contribution in [0.15, 0.2) is 41.3 Å². The van der Waals surface area contributed by atoms with Crippen LogP contribution in [0.25, 0.3) is 0 Å². The molecular formula is C21H26O4S. The second kappa shape index (κ2) is 8.12. The van der Waals surface area contributed by atoms with Gasteiger partial charge in [0.05, 0.1) is 31.8 Å². The van der Waals surface area contributed by atoms with Gasteiger partial charge in [-0.05, 0) is 18.6 Å². The third kappa shape index (κ3) is 3.45. The van der Waals surface area contributed by atoms with E-state index in [9.17, 15) is 0 Å². The lowest BCUT2D eigenvalue weighted by molar-refractivity contribution is 0.151. The molecule has 3 rings (SSSR count). The Morgan fingerprint density at radius 1 is 0.962 bits per heavy atom. The van der Waals surface area contributed by atoms with Crippen LogP contribution in [-0.2, 0) is 4.93 Å². The summed E-state index contributed by atoms with van der Waals surface area (Å²) in [4.78, 5) is 0.575. The summed E-state index contributed by atoms with van der Waals surface area (Å²) in [5.41, 5.74) is 0.931. The van der Waals surface area contributed by atoms with Crippen molar-refractivity contribution >= 4 is 11.8 Å². The van der Waals surface area contributed by atoms with Gasteiger partial charge in [0, 0.05) is 18.6 Å². The predicted octanol–water partition coefficient (Wildman–Crippen LogP) is 5.63. The van der Waals surface area contributed by atoms with E-state index in [1.54, 1.807) is 33.1 Å². The zero-order valence-corrected chi connectivity index (χ0v) is 16.7. The van der Waals surface area contributed by atoms with Gasteiger partial charge in [-0.25, -0.2) is 0 Å². The summed E-state index contributed by atoms with van der Waals surface area (Å²) in [6, 6.07) is 12.0. The van der Waals surface area contributed by atoms with Crippen LogP contribution in [-0.4, -0.2) is 21.3 Å². The standard InChI is InChI=1S/C21H26O4S/c1-5-6-9-12-21(25-16-10-7-8-11-19(16)26-21)20-17(23-3)13-15(22-2)14-18(20)24-4/h7-8,10-11,13-14H,5-6,9,12H2,1-4H3. The molecule has 0 N–H and O–H groups in total. The Labute approximate surface area is 159 Å². The molecule has 0 aromatic heterocycles. The molecule has 0 spiro atoms. The van der Waals surface area contributed by atoms with Gasteiger partial charge in [-0.1, -0.05) is 43.7 Å². The number of methoxy groups -OCH3 is 3. The van der Waals surface area contributed by atoms with Crippen molar-refractivity contribution in [2.45, 2.75) is 42.4 Å². The van der Waals surface area contributed by atoms with Gasteiger partial charge in [-0.2, -0.15) is 0 Å². The van der Waals surface area contributed by atoms with Crippen LogP contribution in [0.1, 0.15) is 38.2 Å². The topological polar surface area (TPSA) is 36.9 Å². The molecule has 0 fully saturated rings. The Bertz CT molecular complexity index is 709. The van der Waals surface area contributed by atoms with E-state index in [1.165, 1.54) is 0 Å². The second-order valence-electron chi connectivity index (χ2n) is 6.27. The van der Waals surface area contributed by atoms with Crippen molar-refractivity contribution in [2.24, 2.45) is 0 Å². The minimum absolute atomic E-state index is 0.568. The smallest absolute Gasteiger partial charge is 0.191 e. The summed E-state index contributed by atoms with van der Waals surface area (Å²) < 4.78 is 23.4. The summed E-state index contributed by atoms with van der Waals surface area (Å²) in [6.45, 7) is 2.21. The van der Waals surface area contributed by atoms with E-state index in [2.05, 4.69) is 13.0 Å². The predicted molar refractivity (Wildman–Crippen MR) is 105 cm³/mol. The average molecular weight is 375 g/mol. The van der Waals surface area contributed by atoms with Crippen molar-refractivity contribution in [3.05, 3.63) is 42.0 Å². The van der Waals surface area contributed by atoms with Crippen LogP contribution in [0.4, 0.5) is 0 Å². The van der Waals surface area contributed by atoms with Crippen molar-refractivity contribution < 1.29 is 18.9 Å². The number of hydrogen-bond acceptors (Lipinski definition) is 5. The number of fused-ring (bicyclic) bond motifs is 1. The molecule has 1 heterocycles. The van der Waals surface area contributed by atoms with Gasteiger partial charge in [0.25, 0.3) is 0 Å². The van der Waals surface area contributed by atoms with E-state index in [0.717, 1.165) is 53.4 Å². The molecule has 0 saturated heterocycles. The van der Waals surface area contributed by atoms with E-state index >= 15 is 0 Å². The van der Waals surface area contributed by atoms with Crippen LogP contribution >= 0.6 is 11.8 Å². The number of hydrogen-bond donors (Lipinski definition) is 0. The highest BCUT2D eigenvalue weighted by atomic mass is 32.2. The maximum Gasteiger partial charge on any atom is 0.191 e. The maximum atomic E-state index is 6.55. The van der Waals surface area contributed by atoms with Crippen LogP contribution < -0.4 is 18.9 Å². The summed E-state index contributed by atoms with van der Waals surface area (Å²) in [6.07, 6.45) is 4.25. The van der Waals surface area contributed by atoms with Gasteiger partial charge < -0.3 is 18.9 Å². The summed E-state index contributed by atoms with van der Waals surface area (Å²) in [7, 11) is 4.98. The molecule has 0 bridgehead atoms. The van der Waals surface area contributed by atoms with E-state index < -0.39 is 4.93 Å². The lowest BCUT2D eigenvalue weighted by atomic mass is 9.99. The lowest BCUT2D eigenvalue weighted by Crippen LogP contribution is -2.27. The fraction of sp³-hybridized carbons (Fsp3) is 0.429. The van der Waals surface area contributed by atoms with E-state index in [4.69, 9.17) is 18.9 Å². The first-order chi connectivity index (χ1) is 12.7. The van der Waals surface area contributed by atoms with Crippen LogP contribution in [0, 0.1) is 0 Å². The van der Waals surface area contributed by atoms with Crippen molar-refractivity contribution in [3.8, 4) is 23.0 Å². The summed E-state index contributed by atoms with van der Waals surface area (Å²) in [5.74, 6) is 3.05. The third-order valence-corrected chi connectivity index (χ3v) is 5.98. The van der Waals surface area contributed by atoms with Gasteiger partial charge in [0.15, 0.2) is 4.93 Å². The third-order valence-electron chi connectivity index (χ3n) is 4.60. The number of benzene rings is 2. The summed E-state index contributed by atoms with van der Waals surface area (Å²) >= 11 is 1.74. The Hall–Kier alpha value is -2.01. The highest BCUT2D eigenvalue weighted by molar-refractivity contribution is 8.00. The lowest BCUT2D eigenvalue weighted by Gasteiger charge is -2.31. The fourth-order valence-corrected chi connectivity index (χ4v) is 4.71. The number of thioether (sulfide) groups is 1. The van der Waals surface area contributed by atoms with E-state index in [1.807, 2.05) is 30.3 Å². The second-order valence-corrected chi connectivity index (χ2v) is 7.57. The first kappa shape index (κ1) is 18.8. The zero-order valence-electron chi connectivity index (χ0n) is 15.8. The van der Waals surface area contributed by atoms with E-state index in [0.29, 0.717) is 5.75 Å². The fourth-order valence-electron chi connectivity index (χ4n) is 3.31. The number of ether oxygens (including phenoxy) is 4. The SMILES string of the molecule is CCCCCC1(c2c(OC)cc(OC)cc2OC)Oc2ccccc2S1. The van der Waals surface area contributed by atoms with E-state index in [-0.39, 0.29) is 0 Å². The number of para-hydroxylation sites is 1. The molecule has 0 saturated carbocycles. The van der Waals surface area contributed by atoms with Crippen molar-refractivity contribution in [2.75, 3.05) is 21.3 Å². The monoisotopic (exact) mass is 374 g/mol. The highest BCUT2D eigenvalue weighted by Gasteiger charge is 2.46. The first-order valence-corrected chi connectivity index (χ1v) is 9.76. The molecule has 5 heteroatoms. The van der Waals surface area contributed by atoms with Gasteiger partial charge in [-0.15, -0.1) is 0 Å². The van der Waals surface area contributed by atoms with Crippen molar-refractivity contribution in [3.63, 3.8) is 0 Å². The maximum absolute atomic E-state index is 6.55. The Balaban J connectivity index is 2.11.